The Morgan fingerprint density at radius 2 is 2.16 bits per heavy atom. The lowest BCUT2D eigenvalue weighted by molar-refractivity contribution is 1.05. The van der Waals surface area contributed by atoms with Crippen LogP contribution in [0.25, 0.3) is 0 Å². The number of anilines is 1. The number of benzene rings is 1. The van der Waals surface area contributed by atoms with Crippen LogP contribution >= 0.6 is 23.6 Å². The predicted molar refractivity (Wildman–Crippen MR) is 87.2 cm³/mol. The van der Waals surface area contributed by atoms with Crippen molar-refractivity contribution in [1.82, 2.24) is 5.43 Å². The zero-order valence-electron chi connectivity index (χ0n) is 10.8. The minimum Gasteiger partial charge on any atom is -0.331 e. The Bertz CT molecular complexity index is 589. The van der Waals surface area contributed by atoms with E-state index in [1.807, 2.05) is 36.6 Å². The van der Waals surface area contributed by atoms with Crippen LogP contribution in [0.15, 0.2) is 40.8 Å². The fraction of sp³-hybridized carbons (Fsp3) is 0.143. The molecule has 2 rings (SSSR count). The molecule has 1 heterocycles. The van der Waals surface area contributed by atoms with E-state index in [2.05, 4.69) is 28.8 Å². The average Bonchev–Trinajstić information content (AvgIpc) is 2.86. The van der Waals surface area contributed by atoms with Gasteiger partial charge in [0.25, 0.3) is 0 Å². The Balaban J connectivity index is 1.91. The molecule has 1 aromatic heterocycles. The minimum absolute atomic E-state index is 0.486. The molecular weight excluding hydrogens is 274 g/mol. The molecule has 1 aromatic carbocycles. The smallest absolute Gasteiger partial charge is 0.191 e. The van der Waals surface area contributed by atoms with Gasteiger partial charge in [-0.05, 0) is 49.1 Å². The van der Waals surface area contributed by atoms with Crippen molar-refractivity contribution >= 4 is 40.6 Å². The Morgan fingerprint density at radius 1 is 1.32 bits per heavy atom. The van der Waals surface area contributed by atoms with Crippen molar-refractivity contribution in [3.63, 3.8) is 0 Å². The summed E-state index contributed by atoms with van der Waals surface area (Å²) in [7, 11) is 0. The zero-order chi connectivity index (χ0) is 13.7. The monoisotopic (exact) mass is 289 g/mol. The normalized spacial score (nSPS) is 10.6. The van der Waals surface area contributed by atoms with Gasteiger partial charge in [-0.1, -0.05) is 23.8 Å². The highest BCUT2D eigenvalue weighted by Gasteiger charge is 2.00. The molecule has 0 atom stereocenters. The maximum atomic E-state index is 5.19. The van der Waals surface area contributed by atoms with Crippen molar-refractivity contribution in [2.24, 2.45) is 5.10 Å². The predicted octanol–water partition coefficient (Wildman–Crippen LogP) is 3.69. The molecule has 5 heteroatoms. The van der Waals surface area contributed by atoms with Gasteiger partial charge in [-0.3, -0.25) is 5.43 Å². The summed E-state index contributed by atoms with van der Waals surface area (Å²) in [6.45, 7) is 4.12. The number of thiocarbonyl (C=S) groups is 1. The summed E-state index contributed by atoms with van der Waals surface area (Å²) in [4.78, 5) is 1.09. The first-order chi connectivity index (χ1) is 9.15. The number of nitrogens with zero attached hydrogens (tertiary/aromatic N) is 1. The van der Waals surface area contributed by atoms with Gasteiger partial charge in [-0.15, -0.1) is 11.3 Å². The van der Waals surface area contributed by atoms with Gasteiger partial charge < -0.3 is 5.32 Å². The Morgan fingerprint density at radius 3 is 2.84 bits per heavy atom. The molecule has 0 unspecified atom stereocenters. The van der Waals surface area contributed by atoms with Crippen molar-refractivity contribution in [3.8, 4) is 0 Å². The second-order valence-corrected chi connectivity index (χ2v) is 5.55. The second-order valence-electron chi connectivity index (χ2n) is 4.16. The third kappa shape index (κ3) is 4.15. The summed E-state index contributed by atoms with van der Waals surface area (Å²) >= 11 is 6.82. The first-order valence-electron chi connectivity index (χ1n) is 5.86. The molecule has 0 fully saturated rings. The summed E-state index contributed by atoms with van der Waals surface area (Å²) in [5.41, 5.74) is 6.20. The quantitative estimate of drug-likeness (QED) is 0.514. The van der Waals surface area contributed by atoms with E-state index >= 15 is 0 Å². The highest BCUT2D eigenvalue weighted by Crippen LogP contribution is 2.15. The highest BCUT2D eigenvalue weighted by molar-refractivity contribution is 7.80. The molecule has 0 aliphatic carbocycles. The van der Waals surface area contributed by atoms with E-state index in [4.69, 9.17) is 12.2 Å². The fourth-order valence-electron chi connectivity index (χ4n) is 1.62. The van der Waals surface area contributed by atoms with Crippen molar-refractivity contribution in [3.05, 3.63) is 51.7 Å². The van der Waals surface area contributed by atoms with E-state index in [-0.39, 0.29) is 0 Å². The van der Waals surface area contributed by atoms with Gasteiger partial charge in [0.15, 0.2) is 5.11 Å². The number of aryl methyl sites for hydroxylation is 2. The van der Waals surface area contributed by atoms with Crippen molar-refractivity contribution in [1.29, 1.82) is 0 Å². The molecule has 0 saturated carbocycles. The first-order valence-corrected chi connectivity index (χ1v) is 7.15. The van der Waals surface area contributed by atoms with Crippen LogP contribution in [0.1, 0.15) is 16.0 Å². The molecule has 3 nitrogen and oxygen atoms in total. The van der Waals surface area contributed by atoms with Gasteiger partial charge in [0.1, 0.15) is 0 Å². The summed E-state index contributed by atoms with van der Waals surface area (Å²) in [6, 6.07) is 10.2. The summed E-state index contributed by atoms with van der Waals surface area (Å²) < 4.78 is 0. The van der Waals surface area contributed by atoms with Crippen LogP contribution in [0.3, 0.4) is 0 Å². The number of rotatable bonds is 3. The van der Waals surface area contributed by atoms with E-state index in [9.17, 15) is 0 Å². The largest absolute Gasteiger partial charge is 0.331 e. The summed E-state index contributed by atoms with van der Waals surface area (Å²) in [6.07, 6.45) is 1.75. The molecule has 0 aliphatic heterocycles. The van der Waals surface area contributed by atoms with Gasteiger partial charge in [0.05, 0.1) is 6.21 Å². The Hall–Kier alpha value is -1.72. The molecule has 0 aliphatic rings. The van der Waals surface area contributed by atoms with E-state index < -0.39 is 0 Å². The number of nitrogens with one attached hydrogen (secondary N) is 2. The molecule has 0 spiro atoms. The van der Waals surface area contributed by atoms with Crippen molar-refractivity contribution in [2.75, 3.05) is 5.32 Å². The third-order valence-corrected chi connectivity index (χ3v) is 3.53. The van der Waals surface area contributed by atoms with Gasteiger partial charge in [0, 0.05) is 10.6 Å². The standard InChI is InChI=1S/C14H15N3S2/c1-10-5-6-13(11(2)8-10)16-14(18)17-15-9-12-4-3-7-19-12/h3-9H,1-2H3,(H2,16,17,18). The first kappa shape index (κ1) is 13.7. The average molecular weight is 289 g/mol. The third-order valence-electron chi connectivity index (χ3n) is 2.53. The molecule has 2 N–H and O–H groups in total. The SMILES string of the molecule is Cc1ccc(NC(=S)NN=Cc2cccs2)c(C)c1. The van der Waals surface area contributed by atoms with E-state index in [1.165, 1.54) is 5.56 Å². The van der Waals surface area contributed by atoms with Crippen molar-refractivity contribution < 1.29 is 0 Å². The van der Waals surface area contributed by atoms with Crippen LogP contribution in [0.5, 0.6) is 0 Å². The fourth-order valence-corrected chi connectivity index (χ4v) is 2.37. The Labute approximate surface area is 122 Å². The van der Waals surface area contributed by atoms with E-state index in [1.54, 1.807) is 17.6 Å². The second kappa shape index (κ2) is 6.45. The number of hydrogen-bond acceptors (Lipinski definition) is 3. The molecule has 0 saturated heterocycles. The molecule has 19 heavy (non-hydrogen) atoms. The summed E-state index contributed by atoms with van der Waals surface area (Å²) in [5, 5.41) is 9.71. The van der Waals surface area contributed by atoms with Gasteiger partial charge >= 0.3 is 0 Å². The van der Waals surface area contributed by atoms with Crippen LogP contribution in [-0.2, 0) is 0 Å². The maximum Gasteiger partial charge on any atom is 0.191 e. The van der Waals surface area contributed by atoms with E-state index in [0.29, 0.717) is 5.11 Å². The number of hydrazone groups is 1. The lowest BCUT2D eigenvalue weighted by Crippen LogP contribution is -2.24. The van der Waals surface area contributed by atoms with Crippen LogP contribution in [0, 0.1) is 13.8 Å². The van der Waals surface area contributed by atoms with Crippen LogP contribution in [0.4, 0.5) is 5.69 Å². The van der Waals surface area contributed by atoms with Gasteiger partial charge in [0.2, 0.25) is 0 Å². The zero-order valence-corrected chi connectivity index (χ0v) is 12.4. The molecule has 0 amide bonds. The van der Waals surface area contributed by atoms with Crippen LogP contribution in [-0.4, -0.2) is 11.3 Å². The molecule has 0 radical (unpaired) electrons. The van der Waals surface area contributed by atoms with Crippen LogP contribution < -0.4 is 10.7 Å². The number of hydrogen-bond donors (Lipinski definition) is 2. The van der Waals surface area contributed by atoms with Gasteiger partial charge in [-0.2, -0.15) is 5.10 Å². The summed E-state index contributed by atoms with van der Waals surface area (Å²) in [5.74, 6) is 0. The lowest BCUT2D eigenvalue weighted by atomic mass is 10.1. The van der Waals surface area contributed by atoms with Gasteiger partial charge in [-0.25, -0.2) is 0 Å². The topological polar surface area (TPSA) is 36.4 Å². The maximum absolute atomic E-state index is 5.19. The van der Waals surface area contributed by atoms with E-state index in [0.717, 1.165) is 16.1 Å². The minimum atomic E-state index is 0.486. The Kier molecular flexibility index (Phi) is 4.65. The highest BCUT2D eigenvalue weighted by atomic mass is 32.1. The molecule has 0 bridgehead atoms. The number of thiophene rings is 1. The molecular formula is C14H15N3S2. The van der Waals surface area contributed by atoms with Crippen LogP contribution in [0.2, 0.25) is 0 Å². The van der Waals surface area contributed by atoms with Crippen molar-refractivity contribution in [2.45, 2.75) is 13.8 Å². The molecule has 98 valence electrons. The lowest BCUT2D eigenvalue weighted by Gasteiger charge is -2.10. The molecule has 2 aromatic rings.